The highest BCUT2D eigenvalue weighted by molar-refractivity contribution is 7.10. The number of hydrogen-bond acceptors (Lipinski definition) is 3. The lowest BCUT2D eigenvalue weighted by Gasteiger charge is -2.36. The molecule has 1 atom stereocenters. The van der Waals surface area contributed by atoms with Gasteiger partial charge in [-0.3, -0.25) is 9.69 Å². The molecule has 0 N–H and O–H groups in total. The van der Waals surface area contributed by atoms with Crippen molar-refractivity contribution in [2.75, 3.05) is 20.1 Å². The topological polar surface area (TPSA) is 23.6 Å². The van der Waals surface area contributed by atoms with Crippen LogP contribution >= 0.6 is 11.3 Å². The quantitative estimate of drug-likeness (QED) is 0.845. The van der Waals surface area contributed by atoms with Crippen molar-refractivity contribution in [1.29, 1.82) is 0 Å². The Morgan fingerprint density at radius 3 is 3.00 bits per heavy atom. The second kappa shape index (κ2) is 5.25. The molecule has 0 bridgehead atoms. The summed E-state index contributed by atoms with van der Waals surface area (Å²) in [7, 11) is 2.08. The van der Waals surface area contributed by atoms with Crippen molar-refractivity contribution in [2.24, 2.45) is 0 Å². The van der Waals surface area contributed by atoms with Gasteiger partial charge in [0.1, 0.15) is 0 Å². The van der Waals surface area contributed by atoms with Crippen LogP contribution in [0.2, 0.25) is 0 Å². The van der Waals surface area contributed by atoms with Crippen molar-refractivity contribution in [3.05, 3.63) is 21.9 Å². The van der Waals surface area contributed by atoms with Crippen LogP contribution in [0.15, 0.2) is 11.4 Å². The zero-order valence-electron chi connectivity index (χ0n) is 11.8. The third kappa shape index (κ3) is 2.56. The molecule has 0 saturated heterocycles. The Balaban J connectivity index is 1.71. The Bertz CT molecular complexity index is 466. The number of thiophene rings is 1. The van der Waals surface area contributed by atoms with Crippen molar-refractivity contribution >= 4 is 17.2 Å². The maximum Gasteiger partial charge on any atom is 0.237 e. The SMILES string of the molecule is CCC1c2ccsc2CCN1C(=O)CN(C)C1CC1. The van der Waals surface area contributed by atoms with Crippen LogP contribution in [0.3, 0.4) is 0 Å². The molecule has 1 saturated carbocycles. The average Bonchev–Trinajstić information content (AvgIpc) is 3.15. The molecule has 0 aromatic carbocycles. The summed E-state index contributed by atoms with van der Waals surface area (Å²) in [6, 6.07) is 3.17. The average molecular weight is 278 g/mol. The minimum atomic E-state index is 0.301. The molecular formula is C15H22N2OS. The molecular weight excluding hydrogens is 256 g/mol. The van der Waals surface area contributed by atoms with Gasteiger partial charge < -0.3 is 4.90 Å². The Morgan fingerprint density at radius 1 is 1.53 bits per heavy atom. The molecule has 1 unspecified atom stereocenters. The van der Waals surface area contributed by atoms with E-state index in [4.69, 9.17) is 0 Å². The van der Waals surface area contributed by atoms with Gasteiger partial charge in [0, 0.05) is 17.5 Å². The standard InChI is InChI=1S/C15H22N2OS/c1-3-13-12-7-9-19-14(12)6-8-17(13)15(18)10-16(2)11-4-5-11/h7,9,11,13H,3-6,8,10H2,1-2H3. The number of likely N-dealkylation sites (N-methyl/N-ethyl adjacent to an activating group) is 1. The van der Waals surface area contributed by atoms with Crippen molar-refractivity contribution in [2.45, 2.75) is 44.7 Å². The third-order valence-corrected chi connectivity index (χ3v) is 5.35. The number of hydrogen-bond donors (Lipinski definition) is 0. The molecule has 0 radical (unpaired) electrons. The number of carbonyl (C=O) groups is 1. The molecule has 2 aliphatic rings. The zero-order chi connectivity index (χ0) is 13.4. The molecule has 1 aromatic rings. The van der Waals surface area contributed by atoms with Gasteiger partial charge in [-0.15, -0.1) is 11.3 Å². The van der Waals surface area contributed by atoms with E-state index in [1.165, 1.54) is 23.3 Å². The van der Waals surface area contributed by atoms with Crippen LogP contribution in [0.4, 0.5) is 0 Å². The highest BCUT2D eigenvalue weighted by Gasteiger charge is 2.33. The van der Waals surface area contributed by atoms with Crippen molar-refractivity contribution in [3.63, 3.8) is 0 Å². The number of rotatable bonds is 4. The molecule has 3 rings (SSSR count). The number of amides is 1. The van der Waals surface area contributed by atoms with Gasteiger partial charge in [-0.05, 0) is 49.7 Å². The fourth-order valence-electron chi connectivity index (χ4n) is 3.08. The molecule has 2 heterocycles. The van der Waals surface area contributed by atoms with Crippen LogP contribution in [0.5, 0.6) is 0 Å². The summed E-state index contributed by atoms with van der Waals surface area (Å²) in [5.41, 5.74) is 1.39. The van der Waals surface area contributed by atoms with Crippen molar-refractivity contribution < 1.29 is 4.79 Å². The molecule has 1 aliphatic carbocycles. The van der Waals surface area contributed by atoms with E-state index < -0.39 is 0 Å². The number of carbonyl (C=O) groups excluding carboxylic acids is 1. The summed E-state index contributed by atoms with van der Waals surface area (Å²) < 4.78 is 0. The predicted octanol–water partition coefficient (Wildman–Crippen LogP) is 2.68. The molecule has 1 aliphatic heterocycles. The van der Waals surface area contributed by atoms with E-state index in [0.29, 0.717) is 24.5 Å². The van der Waals surface area contributed by atoms with Crippen LogP contribution in [0, 0.1) is 0 Å². The Hall–Kier alpha value is -0.870. The zero-order valence-corrected chi connectivity index (χ0v) is 12.6. The lowest BCUT2D eigenvalue weighted by molar-refractivity contribution is -0.135. The van der Waals surface area contributed by atoms with Crippen LogP contribution < -0.4 is 0 Å². The van der Waals surface area contributed by atoms with Crippen LogP contribution in [-0.4, -0.2) is 41.9 Å². The van der Waals surface area contributed by atoms with Gasteiger partial charge in [0.25, 0.3) is 0 Å². The van der Waals surface area contributed by atoms with E-state index in [9.17, 15) is 4.79 Å². The maximum atomic E-state index is 12.5. The summed E-state index contributed by atoms with van der Waals surface area (Å²) in [6.45, 7) is 3.66. The Morgan fingerprint density at radius 2 is 2.32 bits per heavy atom. The monoisotopic (exact) mass is 278 g/mol. The van der Waals surface area contributed by atoms with E-state index >= 15 is 0 Å². The Labute approximate surface area is 119 Å². The number of nitrogens with zero attached hydrogens (tertiary/aromatic N) is 2. The van der Waals surface area contributed by atoms with Crippen LogP contribution in [0.25, 0.3) is 0 Å². The van der Waals surface area contributed by atoms with Crippen molar-refractivity contribution in [1.82, 2.24) is 9.80 Å². The Kier molecular flexibility index (Phi) is 3.63. The number of fused-ring (bicyclic) bond motifs is 1. The molecule has 4 heteroatoms. The highest BCUT2D eigenvalue weighted by Crippen LogP contribution is 2.35. The molecule has 1 fully saturated rings. The normalized spacial score (nSPS) is 22.7. The molecule has 19 heavy (non-hydrogen) atoms. The van der Waals surface area contributed by atoms with E-state index in [0.717, 1.165) is 19.4 Å². The van der Waals surface area contributed by atoms with E-state index in [1.807, 2.05) is 11.3 Å². The first-order valence-corrected chi connectivity index (χ1v) is 8.14. The van der Waals surface area contributed by atoms with E-state index in [-0.39, 0.29) is 0 Å². The molecule has 1 aromatic heterocycles. The first-order chi connectivity index (χ1) is 9.20. The van der Waals surface area contributed by atoms with Gasteiger partial charge in [0.05, 0.1) is 12.6 Å². The highest BCUT2D eigenvalue weighted by atomic mass is 32.1. The van der Waals surface area contributed by atoms with Gasteiger partial charge in [-0.2, -0.15) is 0 Å². The molecule has 104 valence electrons. The van der Waals surface area contributed by atoms with Crippen LogP contribution in [0.1, 0.15) is 42.7 Å². The molecule has 0 spiro atoms. The lowest BCUT2D eigenvalue weighted by Crippen LogP contribution is -2.44. The molecule has 1 amide bonds. The van der Waals surface area contributed by atoms with Gasteiger partial charge >= 0.3 is 0 Å². The summed E-state index contributed by atoms with van der Waals surface area (Å²) in [6.07, 6.45) is 4.57. The van der Waals surface area contributed by atoms with Gasteiger partial charge in [-0.25, -0.2) is 0 Å². The minimum absolute atomic E-state index is 0.301. The predicted molar refractivity (Wildman–Crippen MR) is 78.4 cm³/mol. The third-order valence-electron chi connectivity index (χ3n) is 4.36. The van der Waals surface area contributed by atoms with Crippen molar-refractivity contribution in [3.8, 4) is 0 Å². The second-order valence-electron chi connectivity index (χ2n) is 5.71. The van der Waals surface area contributed by atoms with Gasteiger partial charge in [0.15, 0.2) is 0 Å². The largest absolute Gasteiger partial charge is 0.334 e. The second-order valence-corrected chi connectivity index (χ2v) is 6.71. The van der Waals surface area contributed by atoms with E-state index in [2.05, 4.69) is 35.2 Å². The maximum absolute atomic E-state index is 12.5. The minimum Gasteiger partial charge on any atom is -0.334 e. The van der Waals surface area contributed by atoms with Gasteiger partial charge in [0.2, 0.25) is 5.91 Å². The smallest absolute Gasteiger partial charge is 0.237 e. The summed E-state index contributed by atoms with van der Waals surface area (Å²) in [4.78, 5) is 18.3. The summed E-state index contributed by atoms with van der Waals surface area (Å²) in [5.74, 6) is 0.304. The molecule has 3 nitrogen and oxygen atoms in total. The lowest BCUT2D eigenvalue weighted by atomic mass is 9.97. The first kappa shape index (κ1) is 13.1. The summed E-state index contributed by atoms with van der Waals surface area (Å²) >= 11 is 1.84. The fourth-order valence-corrected chi connectivity index (χ4v) is 4.01. The van der Waals surface area contributed by atoms with Crippen LogP contribution in [-0.2, 0) is 11.2 Å². The van der Waals surface area contributed by atoms with E-state index in [1.54, 1.807) is 0 Å². The summed E-state index contributed by atoms with van der Waals surface area (Å²) in [5, 5.41) is 2.16. The fraction of sp³-hybridized carbons (Fsp3) is 0.667. The first-order valence-electron chi connectivity index (χ1n) is 7.26. The van der Waals surface area contributed by atoms with Gasteiger partial charge in [-0.1, -0.05) is 6.92 Å².